The summed E-state index contributed by atoms with van der Waals surface area (Å²) < 4.78 is 0.847. The smallest absolute Gasteiger partial charge is 0.256 e. The molecule has 0 bridgehead atoms. The monoisotopic (exact) mass is 113 g/mol. The molecule has 0 unspecified atom stereocenters. The second kappa shape index (κ2) is 1.90. The molecule has 7 heavy (non-hydrogen) atoms. The molecule has 3 heteroatoms. The molecule has 0 radical (unpaired) electrons. The van der Waals surface area contributed by atoms with Gasteiger partial charge in [-0.1, -0.05) is 0 Å². The van der Waals surface area contributed by atoms with Gasteiger partial charge in [0.1, 0.15) is 0 Å². The van der Waals surface area contributed by atoms with Crippen molar-refractivity contribution in [2.45, 2.75) is 0 Å². The molecular weight excluding hydrogens is 109 g/mol. The standard InChI is InChI=1S/C4H4NOP/c6-5-3-1-2-4-7-5/h1-4H. The molecule has 0 spiro atoms. The van der Waals surface area contributed by atoms with Crippen molar-refractivity contribution in [3.8, 4) is 0 Å². The molecule has 0 fully saturated rings. The molecule has 2 nitrogen and oxygen atoms in total. The van der Waals surface area contributed by atoms with Gasteiger partial charge in [0.05, 0.1) is 0 Å². The summed E-state index contributed by atoms with van der Waals surface area (Å²) in [6.45, 7) is 0. The Hall–Kier alpha value is -0.620. The summed E-state index contributed by atoms with van der Waals surface area (Å²) in [5.41, 5.74) is 0. The lowest BCUT2D eigenvalue weighted by atomic mass is 10.6. The van der Waals surface area contributed by atoms with Crippen LogP contribution in [0, 0.1) is 5.21 Å². The first kappa shape index (κ1) is 4.54. The van der Waals surface area contributed by atoms with Crippen LogP contribution < -0.4 is 4.49 Å². The average molecular weight is 113 g/mol. The first-order valence-corrected chi connectivity index (χ1v) is 2.82. The first-order valence-electron chi connectivity index (χ1n) is 1.90. The van der Waals surface area contributed by atoms with Crippen molar-refractivity contribution in [1.29, 1.82) is 0 Å². The van der Waals surface area contributed by atoms with E-state index in [1.165, 1.54) is 6.20 Å². The quantitative estimate of drug-likeness (QED) is 0.459. The third-order valence-corrected chi connectivity index (χ3v) is 1.26. The molecule has 0 aliphatic rings. The highest BCUT2D eigenvalue weighted by Gasteiger charge is 1.77. The van der Waals surface area contributed by atoms with E-state index in [0.717, 1.165) is 4.49 Å². The van der Waals surface area contributed by atoms with Crippen molar-refractivity contribution in [2.24, 2.45) is 0 Å². The minimum atomic E-state index is 0.707. The van der Waals surface area contributed by atoms with Gasteiger partial charge >= 0.3 is 0 Å². The molecule has 0 aliphatic heterocycles. The summed E-state index contributed by atoms with van der Waals surface area (Å²) in [4.78, 5) is 0. The summed E-state index contributed by atoms with van der Waals surface area (Å²) in [5.74, 6) is 1.78. The third-order valence-electron chi connectivity index (χ3n) is 0.591. The predicted molar refractivity (Wildman–Crippen MR) is 27.9 cm³/mol. The van der Waals surface area contributed by atoms with Crippen molar-refractivity contribution in [2.75, 3.05) is 0 Å². The van der Waals surface area contributed by atoms with Gasteiger partial charge < -0.3 is 5.21 Å². The maximum atomic E-state index is 10.2. The second-order valence-electron chi connectivity index (χ2n) is 1.10. The van der Waals surface area contributed by atoms with Crippen LogP contribution in [0.4, 0.5) is 0 Å². The Morgan fingerprint density at radius 2 is 2.29 bits per heavy atom. The van der Waals surface area contributed by atoms with Crippen LogP contribution in [-0.4, -0.2) is 0 Å². The van der Waals surface area contributed by atoms with E-state index in [9.17, 15) is 5.21 Å². The van der Waals surface area contributed by atoms with Crippen molar-refractivity contribution >= 4 is 8.35 Å². The van der Waals surface area contributed by atoms with E-state index in [1.807, 2.05) is 6.07 Å². The maximum Gasteiger partial charge on any atom is 0.256 e. The Bertz CT molecular complexity index is 142. The topological polar surface area (TPSA) is 26.9 Å². The van der Waals surface area contributed by atoms with Crippen molar-refractivity contribution in [1.82, 2.24) is 0 Å². The van der Waals surface area contributed by atoms with Crippen LogP contribution >= 0.6 is 8.35 Å². The van der Waals surface area contributed by atoms with E-state index < -0.39 is 0 Å². The minimum Gasteiger partial charge on any atom is -0.617 e. The fraction of sp³-hybridized carbons (Fsp3) is 0. The van der Waals surface area contributed by atoms with Crippen LogP contribution in [0.15, 0.2) is 24.1 Å². The predicted octanol–water partition coefficient (Wildman–Crippen LogP) is 0.900. The number of aromatic nitrogens is 1. The molecule has 0 N–H and O–H groups in total. The van der Waals surface area contributed by atoms with Crippen molar-refractivity contribution in [3.05, 3.63) is 29.3 Å². The van der Waals surface area contributed by atoms with Gasteiger partial charge in [-0.3, -0.25) is 0 Å². The highest BCUT2D eigenvalue weighted by atomic mass is 31.0. The lowest BCUT2D eigenvalue weighted by molar-refractivity contribution is -0.529. The summed E-state index contributed by atoms with van der Waals surface area (Å²) in [7, 11) is 0.707. The normalized spacial score (nSPS) is 9.71. The van der Waals surface area contributed by atoms with E-state index in [4.69, 9.17) is 0 Å². The van der Waals surface area contributed by atoms with Gasteiger partial charge in [0.15, 0.2) is 6.20 Å². The number of hydrogen-bond acceptors (Lipinski definition) is 1. The lowest BCUT2D eigenvalue weighted by Crippen LogP contribution is -2.17. The van der Waals surface area contributed by atoms with E-state index >= 15 is 0 Å². The SMILES string of the molecule is [O-][n+]1ccccp1. The fourth-order valence-electron chi connectivity index (χ4n) is 0.316. The van der Waals surface area contributed by atoms with Crippen LogP contribution in [0.3, 0.4) is 0 Å². The lowest BCUT2D eigenvalue weighted by Gasteiger charge is -1.86. The van der Waals surface area contributed by atoms with Crippen LogP contribution in [0.5, 0.6) is 0 Å². The number of rotatable bonds is 0. The zero-order valence-electron chi connectivity index (χ0n) is 3.61. The molecule has 1 rings (SSSR count). The summed E-state index contributed by atoms with van der Waals surface area (Å²) in [6.07, 6.45) is 1.49. The first-order chi connectivity index (χ1) is 3.39. The minimum absolute atomic E-state index is 0.707. The maximum absolute atomic E-state index is 10.2. The summed E-state index contributed by atoms with van der Waals surface area (Å²) >= 11 is 0. The fourth-order valence-corrected chi connectivity index (χ4v) is 0.777. The molecule has 1 heterocycles. The third kappa shape index (κ3) is 1.13. The van der Waals surface area contributed by atoms with Crippen LogP contribution in [0.2, 0.25) is 0 Å². The Morgan fingerprint density at radius 1 is 1.43 bits per heavy atom. The molecular formula is C4H4NOP. The largest absolute Gasteiger partial charge is 0.617 e. The number of hydrogen-bond donors (Lipinski definition) is 0. The molecule has 0 atom stereocenters. The van der Waals surface area contributed by atoms with Crippen molar-refractivity contribution in [3.63, 3.8) is 0 Å². The summed E-state index contributed by atoms with van der Waals surface area (Å²) in [6, 6.07) is 3.56. The molecule has 36 valence electrons. The number of nitrogens with zero attached hydrogens (tertiary/aromatic N) is 1. The van der Waals surface area contributed by atoms with Gasteiger partial charge in [0.2, 0.25) is 0 Å². The van der Waals surface area contributed by atoms with Crippen LogP contribution in [0.1, 0.15) is 0 Å². The Labute approximate surface area is 43.2 Å². The van der Waals surface area contributed by atoms with Crippen LogP contribution in [-0.2, 0) is 0 Å². The van der Waals surface area contributed by atoms with Gasteiger partial charge in [0.25, 0.3) is 8.35 Å². The van der Waals surface area contributed by atoms with Gasteiger partial charge in [0, 0.05) is 11.9 Å². The zero-order chi connectivity index (χ0) is 5.11. The van der Waals surface area contributed by atoms with E-state index in [2.05, 4.69) is 0 Å². The molecule has 0 amide bonds. The van der Waals surface area contributed by atoms with Gasteiger partial charge in [-0.05, 0) is 6.07 Å². The average Bonchev–Trinajstić information content (AvgIpc) is 1.69. The molecule has 0 saturated heterocycles. The van der Waals surface area contributed by atoms with Gasteiger partial charge in [-0.2, -0.15) is 4.49 Å². The summed E-state index contributed by atoms with van der Waals surface area (Å²) in [5, 5.41) is 10.2. The Kier molecular flexibility index (Phi) is 1.23. The molecule has 1 aromatic heterocycles. The highest BCUT2D eigenvalue weighted by molar-refractivity contribution is 7.20. The van der Waals surface area contributed by atoms with Gasteiger partial charge in [-0.25, -0.2) is 0 Å². The molecule has 0 aromatic carbocycles. The van der Waals surface area contributed by atoms with Gasteiger partial charge in [-0.15, -0.1) is 0 Å². The zero-order valence-corrected chi connectivity index (χ0v) is 4.51. The molecule has 1 aromatic rings. The van der Waals surface area contributed by atoms with E-state index in [-0.39, 0.29) is 0 Å². The Morgan fingerprint density at radius 3 is 2.57 bits per heavy atom. The van der Waals surface area contributed by atoms with E-state index in [1.54, 1.807) is 11.9 Å². The van der Waals surface area contributed by atoms with Crippen LogP contribution in [0.25, 0.3) is 0 Å². The Balaban J connectivity index is 3.02. The molecule has 0 aliphatic carbocycles. The van der Waals surface area contributed by atoms with E-state index in [0.29, 0.717) is 8.35 Å². The van der Waals surface area contributed by atoms with Crippen molar-refractivity contribution < 1.29 is 4.49 Å². The highest BCUT2D eigenvalue weighted by Crippen LogP contribution is 1.88. The second-order valence-corrected chi connectivity index (χ2v) is 2.02. The molecule has 0 saturated carbocycles.